The van der Waals surface area contributed by atoms with Gasteiger partial charge >= 0.3 is 5.97 Å². The minimum atomic E-state index is -0.269. The summed E-state index contributed by atoms with van der Waals surface area (Å²) in [4.78, 5) is 22.9. The second-order valence-corrected chi connectivity index (χ2v) is 5.79. The van der Waals surface area contributed by atoms with E-state index < -0.39 is 0 Å². The van der Waals surface area contributed by atoms with E-state index in [1.54, 1.807) is 13.0 Å². The molecule has 1 aromatic rings. The van der Waals surface area contributed by atoms with Crippen LogP contribution in [0.3, 0.4) is 0 Å². The molecule has 0 aliphatic carbocycles. The summed E-state index contributed by atoms with van der Waals surface area (Å²) < 4.78 is 9.63. The van der Waals surface area contributed by atoms with Crippen LogP contribution in [0.4, 0.5) is 5.88 Å². The maximum Gasteiger partial charge on any atom is 0.309 e. The smallest absolute Gasteiger partial charge is 0.309 e. The lowest BCUT2D eigenvalue weighted by Crippen LogP contribution is -2.18. The summed E-state index contributed by atoms with van der Waals surface area (Å²) in [5.41, 5.74) is 0.798. The van der Waals surface area contributed by atoms with E-state index in [-0.39, 0.29) is 29.5 Å². The number of aromatic nitrogens is 1. The summed E-state index contributed by atoms with van der Waals surface area (Å²) in [5.74, 6) is 0.705. The molecule has 0 spiro atoms. The molecule has 0 radical (unpaired) electrons. The number of amides is 1. The van der Waals surface area contributed by atoms with Crippen LogP contribution in [0, 0.1) is 5.92 Å². The van der Waals surface area contributed by atoms with Gasteiger partial charge in [-0.1, -0.05) is 25.9 Å². The Kier molecular flexibility index (Phi) is 6.57. The van der Waals surface area contributed by atoms with Gasteiger partial charge in [0.1, 0.15) is 0 Å². The van der Waals surface area contributed by atoms with Crippen molar-refractivity contribution in [3.63, 3.8) is 0 Å². The van der Waals surface area contributed by atoms with Crippen LogP contribution in [-0.4, -0.2) is 35.6 Å². The summed E-state index contributed by atoms with van der Waals surface area (Å²) in [5, 5.41) is 6.48. The lowest BCUT2D eigenvalue weighted by molar-refractivity contribution is -0.144. The van der Waals surface area contributed by atoms with Gasteiger partial charge in [-0.2, -0.15) is 11.8 Å². The second-order valence-electron chi connectivity index (χ2n) is 4.76. The van der Waals surface area contributed by atoms with Crippen molar-refractivity contribution in [2.24, 2.45) is 5.92 Å². The molecule has 0 bridgehead atoms. The molecule has 112 valence electrons. The Bertz CT molecular complexity index is 459. The van der Waals surface area contributed by atoms with Gasteiger partial charge in [-0.15, -0.1) is 0 Å². The Balaban J connectivity index is 2.31. The van der Waals surface area contributed by atoms with Crippen molar-refractivity contribution < 1.29 is 18.8 Å². The molecule has 0 aromatic carbocycles. The molecule has 1 amide bonds. The highest BCUT2D eigenvalue weighted by Gasteiger charge is 2.14. The minimum Gasteiger partial charge on any atom is -0.469 e. The van der Waals surface area contributed by atoms with Gasteiger partial charge in [0.05, 0.1) is 24.5 Å². The molecule has 1 heterocycles. The van der Waals surface area contributed by atoms with Gasteiger partial charge in [0.25, 0.3) is 0 Å². The summed E-state index contributed by atoms with van der Waals surface area (Å²) in [6.45, 7) is 5.75. The van der Waals surface area contributed by atoms with Crippen LogP contribution in [-0.2, 0) is 14.3 Å². The number of methoxy groups -OCH3 is 1. The van der Waals surface area contributed by atoms with E-state index in [9.17, 15) is 9.59 Å². The average Bonchev–Trinajstić information content (AvgIpc) is 2.86. The van der Waals surface area contributed by atoms with Crippen molar-refractivity contribution in [1.29, 1.82) is 0 Å². The van der Waals surface area contributed by atoms with Crippen LogP contribution < -0.4 is 5.32 Å². The monoisotopic (exact) mass is 300 g/mol. The van der Waals surface area contributed by atoms with Crippen LogP contribution in [0.2, 0.25) is 0 Å². The third kappa shape index (κ3) is 5.24. The second kappa shape index (κ2) is 7.94. The topological polar surface area (TPSA) is 81.4 Å². The first-order valence-electron chi connectivity index (χ1n) is 6.36. The summed E-state index contributed by atoms with van der Waals surface area (Å²) in [7, 11) is 1.35. The molecule has 0 fully saturated rings. The molecule has 20 heavy (non-hydrogen) atoms. The Hall–Kier alpha value is -1.50. The molecular weight excluding hydrogens is 280 g/mol. The van der Waals surface area contributed by atoms with E-state index in [0.29, 0.717) is 11.6 Å². The largest absolute Gasteiger partial charge is 0.469 e. The number of hydrogen-bond donors (Lipinski definition) is 1. The molecule has 0 aliphatic heterocycles. The fourth-order valence-corrected chi connectivity index (χ4v) is 2.26. The highest BCUT2D eigenvalue weighted by atomic mass is 32.2. The van der Waals surface area contributed by atoms with Crippen molar-refractivity contribution >= 4 is 29.5 Å². The van der Waals surface area contributed by atoms with Gasteiger partial charge in [0, 0.05) is 11.8 Å². The summed E-state index contributed by atoms with van der Waals surface area (Å²) in [6.07, 6.45) is 0. The molecule has 1 rings (SSSR count). The van der Waals surface area contributed by atoms with Crippen LogP contribution in [0.5, 0.6) is 0 Å². The van der Waals surface area contributed by atoms with E-state index in [2.05, 4.69) is 15.2 Å². The third-order valence-corrected chi connectivity index (χ3v) is 3.79. The lowest BCUT2D eigenvalue weighted by atomic mass is 10.1. The van der Waals surface area contributed by atoms with E-state index in [1.165, 1.54) is 18.9 Å². The first-order chi connectivity index (χ1) is 9.43. The molecule has 1 unspecified atom stereocenters. The number of hydrogen-bond acceptors (Lipinski definition) is 6. The van der Waals surface area contributed by atoms with Crippen LogP contribution in [0.1, 0.15) is 32.4 Å². The molecular formula is C13H20N2O4S. The number of thioether (sulfide) groups is 1. The zero-order valence-electron chi connectivity index (χ0n) is 12.1. The predicted octanol–water partition coefficient (Wildman–Crippen LogP) is 2.28. The quantitative estimate of drug-likeness (QED) is 0.778. The lowest BCUT2D eigenvalue weighted by Gasteiger charge is -2.07. The highest BCUT2D eigenvalue weighted by Crippen LogP contribution is 2.18. The number of nitrogens with zero attached hydrogens (tertiary/aromatic N) is 1. The summed E-state index contributed by atoms with van der Waals surface area (Å²) >= 11 is 1.37. The van der Waals surface area contributed by atoms with Crippen molar-refractivity contribution in [2.45, 2.75) is 26.7 Å². The Morgan fingerprint density at radius 3 is 2.70 bits per heavy atom. The van der Waals surface area contributed by atoms with E-state index in [1.807, 2.05) is 13.8 Å². The first-order valence-corrected chi connectivity index (χ1v) is 7.51. The molecule has 1 N–H and O–H groups in total. The van der Waals surface area contributed by atoms with E-state index in [4.69, 9.17) is 4.52 Å². The number of ether oxygens (including phenoxy) is 1. The maximum absolute atomic E-state index is 11.7. The minimum absolute atomic E-state index is 0.182. The van der Waals surface area contributed by atoms with Crippen molar-refractivity contribution in [1.82, 2.24) is 5.16 Å². The van der Waals surface area contributed by atoms with Gasteiger partial charge in [-0.25, -0.2) is 0 Å². The summed E-state index contributed by atoms with van der Waals surface area (Å²) in [6, 6.07) is 1.71. The predicted molar refractivity (Wildman–Crippen MR) is 77.7 cm³/mol. The van der Waals surface area contributed by atoms with Gasteiger partial charge < -0.3 is 9.26 Å². The van der Waals surface area contributed by atoms with Gasteiger partial charge in [-0.3, -0.25) is 14.9 Å². The Labute approximate surface area is 122 Å². The number of anilines is 1. The number of nitrogens with one attached hydrogen (secondary N) is 1. The molecule has 1 atom stereocenters. The normalized spacial score (nSPS) is 12.2. The fraction of sp³-hybridized carbons (Fsp3) is 0.615. The molecule has 6 nitrogen and oxygen atoms in total. The number of carbonyl (C=O) groups excluding carboxylic acids is 2. The van der Waals surface area contributed by atoms with Gasteiger partial charge in [0.2, 0.25) is 11.8 Å². The molecule has 7 heteroatoms. The Morgan fingerprint density at radius 1 is 1.45 bits per heavy atom. The van der Waals surface area contributed by atoms with Gasteiger partial charge in [0.15, 0.2) is 0 Å². The zero-order valence-corrected chi connectivity index (χ0v) is 13.0. The first kappa shape index (κ1) is 16.6. The van der Waals surface area contributed by atoms with Gasteiger partial charge in [-0.05, 0) is 5.92 Å². The third-order valence-electron chi connectivity index (χ3n) is 2.59. The van der Waals surface area contributed by atoms with E-state index >= 15 is 0 Å². The number of esters is 1. The van der Waals surface area contributed by atoms with Crippen molar-refractivity contribution in [2.75, 3.05) is 23.9 Å². The maximum atomic E-state index is 11.7. The van der Waals surface area contributed by atoms with Crippen LogP contribution in [0.25, 0.3) is 0 Å². The SMILES string of the molecule is COC(=O)C(C)CSCC(=O)Nc1cc(C(C)C)no1. The van der Waals surface area contributed by atoms with Crippen LogP contribution in [0.15, 0.2) is 10.6 Å². The average molecular weight is 300 g/mol. The van der Waals surface area contributed by atoms with Crippen molar-refractivity contribution in [3.8, 4) is 0 Å². The van der Waals surface area contributed by atoms with Crippen LogP contribution >= 0.6 is 11.8 Å². The molecule has 1 aromatic heterocycles. The van der Waals surface area contributed by atoms with Crippen molar-refractivity contribution in [3.05, 3.63) is 11.8 Å². The molecule has 0 saturated carbocycles. The number of carbonyl (C=O) groups is 2. The zero-order chi connectivity index (χ0) is 15.1. The fourth-order valence-electron chi connectivity index (χ4n) is 1.39. The molecule has 0 saturated heterocycles. The number of rotatable bonds is 7. The molecule has 0 aliphatic rings. The standard InChI is InChI=1S/C13H20N2O4S/c1-8(2)10-5-12(19-15-10)14-11(16)7-20-6-9(3)13(17)18-4/h5,8-9H,6-7H2,1-4H3,(H,14,16). The Morgan fingerprint density at radius 2 is 2.15 bits per heavy atom. The highest BCUT2D eigenvalue weighted by molar-refractivity contribution is 8.00. The van der Waals surface area contributed by atoms with E-state index in [0.717, 1.165) is 5.69 Å².